The van der Waals surface area contributed by atoms with Gasteiger partial charge in [-0.1, -0.05) is 31.0 Å². The van der Waals surface area contributed by atoms with E-state index < -0.39 is 11.7 Å². The van der Waals surface area contributed by atoms with E-state index in [1.807, 2.05) is 6.07 Å². The lowest BCUT2D eigenvalue weighted by Gasteiger charge is -2.47. The van der Waals surface area contributed by atoms with Crippen LogP contribution in [0, 0.1) is 0 Å². The molecule has 0 spiro atoms. The lowest BCUT2D eigenvalue weighted by molar-refractivity contribution is -0.137. The first kappa shape index (κ1) is 21.5. The number of guanidine groups is 1. The molecule has 4 rings (SSSR count). The fourth-order valence-corrected chi connectivity index (χ4v) is 5.57. The molecule has 4 nitrogen and oxygen atoms in total. The molecular weight excluding hydrogens is 389 g/mol. The lowest BCUT2D eigenvalue weighted by Crippen LogP contribution is -2.57. The van der Waals surface area contributed by atoms with Crippen molar-refractivity contribution < 1.29 is 13.2 Å². The van der Waals surface area contributed by atoms with E-state index >= 15 is 0 Å². The Kier molecular flexibility index (Phi) is 6.02. The molecule has 1 saturated carbocycles. The van der Waals surface area contributed by atoms with E-state index in [9.17, 15) is 13.2 Å². The Bertz CT molecular complexity index is 758. The quantitative estimate of drug-likeness (QED) is 0.561. The maximum atomic E-state index is 13.2. The van der Waals surface area contributed by atoms with E-state index in [4.69, 9.17) is 0 Å². The van der Waals surface area contributed by atoms with Crippen LogP contribution in [0.1, 0.15) is 62.5 Å². The maximum absolute atomic E-state index is 13.2. The van der Waals surface area contributed by atoms with Crippen molar-refractivity contribution in [3.63, 3.8) is 0 Å². The Balaban J connectivity index is 1.40. The first-order valence-electron chi connectivity index (χ1n) is 11.2. The van der Waals surface area contributed by atoms with Crippen molar-refractivity contribution >= 4 is 5.96 Å². The summed E-state index contributed by atoms with van der Waals surface area (Å²) in [7, 11) is 4.01. The molecule has 1 aliphatic carbocycles. The van der Waals surface area contributed by atoms with Crippen LogP contribution in [0.2, 0.25) is 0 Å². The van der Waals surface area contributed by atoms with Gasteiger partial charge in [0, 0.05) is 37.1 Å². The van der Waals surface area contributed by atoms with E-state index in [-0.39, 0.29) is 5.41 Å². The fraction of sp³-hybridized carbons (Fsp3) is 0.696. The van der Waals surface area contributed by atoms with Gasteiger partial charge in [0.2, 0.25) is 0 Å². The van der Waals surface area contributed by atoms with Crippen LogP contribution in [0.5, 0.6) is 0 Å². The van der Waals surface area contributed by atoms with Crippen molar-refractivity contribution in [2.75, 3.05) is 20.6 Å². The Labute approximate surface area is 177 Å². The van der Waals surface area contributed by atoms with Crippen molar-refractivity contribution in [3.05, 3.63) is 35.4 Å². The van der Waals surface area contributed by atoms with Gasteiger partial charge in [0.1, 0.15) is 0 Å². The molecule has 2 aliphatic heterocycles. The van der Waals surface area contributed by atoms with Crippen LogP contribution < -0.4 is 10.6 Å². The number of rotatable bonds is 4. The molecule has 1 aromatic carbocycles. The van der Waals surface area contributed by atoms with Gasteiger partial charge < -0.3 is 15.5 Å². The minimum Gasteiger partial charge on any atom is -0.356 e. The number of halogens is 3. The van der Waals surface area contributed by atoms with Crippen molar-refractivity contribution in [1.82, 2.24) is 15.5 Å². The topological polar surface area (TPSA) is 39.7 Å². The normalized spacial score (nSPS) is 29.2. The molecular formula is C23H33F3N4. The zero-order chi connectivity index (χ0) is 21.4. The van der Waals surface area contributed by atoms with Crippen LogP contribution in [0.15, 0.2) is 29.3 Å². The second-order valence-electron chi connectivity index (χ2n) is 9.35. The molecule has 30 heavy (non-hydrogen) atoms. The van der Waals surface area contributed by atoms with E-state index in [1.165, 1.54) is 31.4 Å². The van der Waals surface area contributed by atoms with Crippen LogP contribution in [0.4, 0.5) is 13.2 Å². The van der Waals surface area contributed by atoms with Gasteiger partial charge in [0.05, 0.1) is 5.56 Å². The first-order chi connectivity index (χ1) is 14.3. The van der Waals surface area contributed by atoms with Crippen LogP contribution in [-0.4, -0.2) is 49.6 Å². The first-order valence-corrected chi connectivity index (χ1v) is 11.2. The van der Waals surface area contributed by atoms with Gasteiger partial charge >= 0.3 is 6.18 Å². The van der Waals surface area contributed by atoms with Gasteiger partial charge in [-0.2, -0.15) is 13.2 Å². The number of benzene rings is 1. The highest BCUT2D eigenvalue weighted by Gasteiger charge is 2.41. The van der Waals surface area contributed by atoms with Gasteiger partial charge in [-0.05, 0) is 57.2 Å². The summed E-state index contributed by atoms with van der Waals surface area (Å²) in [4.78, 5) is 6.94. The molecule has 3 fully saturated rings. The van der Waals surface area contributed by atoms with Crippen molar-refractivity contribution in [2.24, 2.45) is 4.99 Å². The highest BCUT2D eigenvalue weighted by molar-refractivity contribution is 5.80. The van der Waals surface area contributed by atoms with Gasteiger partial charge in [-0.25, -0.2) is 0 Å². The molecule has 1 aromatic rings. The van der Waals surface area contributed by atoms with Gasteiger partial charge in [0.15, 0.2) is 5.96 Å². The van der Waals surface area contributed by atoms with Crippen LogP contribution in [0.25, 0.3) is 0 Å². The molecule has 0 aromatic heterocycles. The second kappa shape index (κ2) is 8.40. The van der Waals surface area contributed by atoms with Crippen LogP contribution in [0.3, 0.4) is 0 Å². The third-order valence-electron chi connectivity index (χ3n) is 7.61. The summed E-state index contributed by atoms with van der Waals surface area (Å²) >= 11 is 0. The van der Waals surface area contributed by atoms with Gasteiger partial charge in [-0.3, -0.25) is 4.99 Å². The zero-order valence-corrected chi connectivity index (χ0v) is 17.9. The summed E-state index contributed by atoms with van der Waals surface area (Å²) < 4.78 is 39.6. The number of nitrogens with zero attached hydrogens (tertiary/aromatic N) is 2. The van der Waals surface area contributed by atoms with Gasteiger partial charge in [-0.15, -0.1) is 0 Å². The van der Waals surface area contributed by atoms with Crippen LogP contribution >= 0.6 is 0 Å². The fourth-order valence-electron chi connectivity index (χ4n) is 5.57. The maximum Gasteiger partial charge on any atom is 0.416 e. The summed E-state index contributed by atoms with van der Waals surface area (Å²) in [6.45, 7) is 0.605. The molecule has 2 unspecified atom stereocenters. The monoisotopic (exact) mass is 422 g/mol. The minimum atomic E-state index is -4.31. The largest absolute Gasteiger partial charge is 0.416 e. The molecule has 2 saturated heterocycles. The predicted molar refractivity (Wildman–Crippen MR) is 114 cm³/mol. The highest BCUT2D eigenvalue weighted by atomic mass is 19.4. The number of nitrogens with one attached hydrogen (secondary N) is 2. The van der Waals surface area contributed by atoms with Gasteiger partial charge in [0.25, 0.3) is 0 Å². The Morgan fingerprint density at radius 3 is 2.43 bits per heavy atom. The minimum absolute atomic E-state index is 0.248. The number of hydrogen-bond donors (Lipinski definition) is 2. The summed E-state index contributed by atoms with van der Waals surface area (Å²) in [5.41, 5.74) is -0.0330. The molecule has 2 atom stereocenters. The van der Waals surface area contributed by atoms with E-state index in [0.717, 1.165) is 49.7 Å². The molecule has 2 bridgehead atoms. The summed E-state index contributed by atoms with van der Waals surface area (Å²) in [5, 5.41) is 7.03. The Morgan fingerprint density at radius 1 is 1.17 bits per heavy atom. The van der Waals surface area contributed by atoms with Crippen LogP contribution in [-0.2, 0) is 11.6 Å². The molecule has 166 valence electrons. The molecule has 3 aliphatic rings. The summed E-state index contributed by atoms with van der Waals surface area (Å²) in [6, 6.07) is 7.52. The molecule has 7 heteroatoms. The molecule has 2 heterocycles. The van der Waals surface area contributed by atoms with Crippen molar-refractivity contribution in [2.45, 2.75) is 81.1 Å². The number of hydrogen-bond acceptors (Lipinski definition) is 2. The van der Waals surface area contributed by atoms with Crippen molar-refractivity contribution in [1.29, 1.82) is 0 Å². The number of fused-ring (bicyclic) bond motifs is 2. The Hall–Kier alpha value is -1.76. The summed E-state index contributed by atoms with van der Waals surface area (Å²) in [6.07, 6.45) is 4.61. The number of piperidine rings is 2. The SMILES string of the molecule is CN=C(NCC1(c2cccc(C(F)(F)F)c2)CCC1)NC1CC2CCCC(C1)N2C. The highest BCUT2D eigenvalue weighted by Crippen LogP contribution is 2.44. The van der Waals surface area contributed by atoms with E-state index in [2.05, 4.69) is 27.6 Å². The smallest absolute Gasteiger partial charge is 0.356 e. The Morgan fingerprint density at radius 2 is 1.87 bits per heavy atom. The summed E-state index contributed by atoms with van der Waals surface area (Å²) in [5.74, 6) is 0.765. The number of alkyl halides is 3. The van der Waals surface area contributed by atoms with E-state index in [0.29, 0.717) is 24.7 Å². The lowest BCUT2D eigenvalue weighted by atomic mass is 9.64. The third kappa shape index (κ3) is 4.32. The number of aliphatic imine (C=N–C) groups is 1. The third-order valence-corrected chi connectivity index (χ3v) is 7.61. The molecule has 0 amide bonds. The average molecular weight is 423 g/mol. The molecule has 0 radical (unpaired) electrons. The second-order valence-corrected chi connectivity index (χ2v) is 9.35. The molecule has 2 N–H and O–H groups in total. The van der Waals surface area contributed by atoms with Crippen molar-refractivity contribution in [3.8, 4) is 0 Å². The predicted octanol–water partition coefficient (Wildman–Crippen LogP) is 4.31. The zero-order valence-electron chi connectivity index (χ0n) is 17.9. The van der Waals surface area contributed by atoms with E-state index in [1.54, 1.807) is 7.05 Å². The average Bonchev–Trinajstić information content (AvgIpc) is 2.66. The standard InChI is InChI=1S/C23H33F3N4/c1-27-21(29-18-13-19-8-4-9-20(14-18)30(19)2)28-15-22(10-5-11-22)16-6-3-7-17(12-16)23(24,25)26/h3,6-7,12,18-20H,4-5,8-11,13-15H2,1-2H3,(H2,27,28,29).